The number of benzene rings is 1. The molecule has 5 nitrogen and oxygen atoms in total. The highest BCUT2D eigenvalue weighted by atomic mass is 16.5. The summed E-state index contributed by atoms with van der Waals surface area (Å²) >= 11 is 0. The van der Waals surface area contributed by atoms with Crippen molar-refractivity contribution in [2.45, 2.75) is 6.92 Å². The van der Waals surface area contributed by atoms with E-state index in [1.807, 2.05) is 6.07 Å². The SMILES string of the molecule is COc1ccc(O)c(C(=O)NCC(C)C#N)c1. The van der Waals surface area contributed by atoms with Crippen LogP contribution in [0.5, 0.6) is 11.5 Å². The molecule has 17 heavy (non-hydrogen) atoms. The van der Waals surface area contributed by atoms with Gasteiger partial charge in [0.25, 0.3) is 5.91 Å². The van der Waals surface area contributed by atoms with E-state index in [0.29, 0.717) is 5.75 Å². The van der Waals surface area contributed by atoms with Crippen LogP contribution < -0.4 is 10.1 Å². The summed E-state index contributed by atoms with van der Waals surface area (Å²) in [6, 6.07) is 6.40. The first-order valence-corrected chi connectivity index (χ1v) is 5.13. The molecule has 1 rings (SSSR count). The summed E-state index contributed by atoms with van der Waals surface area (Å²) in [7, 11) is 1.48. The molecule has 1 atom stereocenters. The van der Waals surface area contributed by atoms with E-state index in [-0.39, 0.29) is 23.8 Å². The number of nitriles is 1. The van der Waals surface area contributed by atoms with Crippen molar-refractivity contribution in [3.8, 4) is 17.6 Å². The molecule has 0 aliphatic rings. The van der Waals surface area contributed by atoms with Gasteiger partial charge in [0.2, 0.25) is 0 Å². The third-order valence-electron chi connectivity index (χ3n) is 2.24. The van der Waals surface area contributed by atoms with Gasteiger partial charge in [-0.05, 0) is 25.1 Å². The van der Waals surface area contributed by atoms with Gasteiger partial charge in [0.05, 0.1) is 24.7 Å². The molecule has 0 aliphatic heterocycles. The van der Waals surface area contributed by atoms with Crippen LogP contribution in [-0.2, 0) is 0 Å². The normalized spacial score (nSPS) is 11.4. The monoisotopic (exact) mass is 234 g/mol. The van der Waals surface area contributed by atoms with Crippen LogP contribution >= 0.6 is 0 Å². The van der Waals surface area contributed by atoms with Crippen molar-refractivity contribution in [3.63, 3.8) is 0 Å². The van der Waals surface area contributed by atoms with Crippen molar-refractivity contribution < 1.29 is 14.6 Å². The predicted octanol–water partition coefficient (Wildman–Crippen LogP) is 1.29. The van der Waals surface area contributed by atoms with Gasteiger partial charge in [-0.2, -0.15) is 5.26 Å². The molecule has 0 fully saturated rings. The van der Waals surface area contributed by atoms with Crippen molar-refractivity contribution in [1.29, 1.82) is 5.26 Å². The first-order valence-electron chi connectivity index (χ1n) is 5.13. The molecule has 90 valence electrons. The van der Waals surface area contributed by atoms with Crippen molar-refractivity contribution >= 4 is 5.91 Å². The number of phenols is 1. The largest absolute Gasteiger partial charge is 0.507 e. The number of amides is 1. The predicted molar refractivity (Wildman–Crippen MR) is 61.8 cm³/mol. The zero-order valence-electron chi connectivity index (χ0n) is 9.73. The Morgan fingerprint density at radius 2 is 2.35 bits per heavy atom. The Labute approximate surface area is 99.6 Å². The van der Waals surface area contributed by atoms with Gasteiger partial charge in [-0.3, -0.25) is 4.79 Å². The summed E-state index contributed by atoms with van der Waals surface area (Å²) in [5.74, 6) is -0.329. The maximum absolute atomic E-state index is 11.7. The highest BCUT2D eigenvalue weighted by molar-refractivity contribution is 5.97. The molecule has 1 amide bonds. The number of hydrogen-bond donors (Lipinski definition) is 2. The minimum Gasteiger partial charge on any atom is -0.507 e. The van der Waals surface area contributed by atoms with Crippen molar-refractivity contribution in [2.75, 3.05) is 13.7 Å². The summed E-state index contributed by atoms with van der Waals surface area (Å²) in [6.07, 6.45) is 0. The Bertz CT molecular complexity index is 452. The first-order chi connectivity index (χ1) is 8.08. The summed E-state index contributed by atoms with van der Waals surface area (Å²) in [5.41, 5.74) is 0.134. The number of nitrogens with one attached hydrogen (secondary N) is 1. The van der Waals surface area contributed by atoms with Crippen LogP contribution in [0.3, 0.4) is 0 Å². The number of hydrogen-bond acceptors (Lipinski definition) is 4. The minimum atomic E-state index is -0.427. The van der Waals surface area contributed by atoms with Crippen molar-refractivity contribution in [3.05, 3.63) is 23.8 Å². The summed E-state index contributed by atoms with van der Waals surface area (Å²) < 4.78 is 4.96. The molecule has 2 N–H and O–H groups in total. The summed E-state index contributed by atoms with van der Waals surface area (Å²) in [6.45, 7) is 1.94. The highest BCUT2D eigenvalue weighted by Gasteiger charge is 2.12. The number of methoxy groups -OCH3 is 1. The van der Waals surface area contributed by atoms with Crippen LogP contribution in [-0.4, -0.2) is 24.7 Å². The summed E-state index contributed by atoms with van der Waals surface area (Å²) in [4.78, 5) is 11.7. The van der Waals surface area contributed by atoms with E-state index >= 15 is 0 Å². The molecule has 0 heterocycles. The Morgan fingerprint density at radius 1 is 1.65 bits per heavy atom. The number of ether oxygens (including phenoxy) is 1. The summed E-state index contributed by atoms with van der Waals surface area (Å²) in [5, 5.41) is 20.7. The van der Waals surface area contributed by atoms with Gasteiger partial charge >= 0.3 is 0 Å². The average Bonchev–Trinajstić information content (AvgIpc) is 2.36. The molecule has 5 heteroatoms. The maximum atomic E-state index is 11.7. The van der Waals surface area contributed by atoms with Gasteiger partial charge < -0.3 is 15.2 Å². The van der Waals surface area contributed by atoms with Gasteiger partial charge in [0.15, 0.2) is 0 Å². The standard InChI is InChI=1S/C12H14N2O3/c1-8(6-13)7-14-12(16)10-5-9(17-2)3-4-11(10)15/h3-5,8,15H,7H2,1-2H3,(H,14,16). The van der Waals surface area contributed by atoms with E-state index in [1.165, 1.54) is 19.2 Å². The van der Waals surface area contributed by atoms with Crippen LogP contribution in [0.25, 0.3) is 0 Å². The maximum Gasteiger partial charge on any atom is 0.255 e. The number of aromatic hydroxyl groups is 1. The van der Waals surface area contributed by atoms with E-state index in [2.05, 4.69) is 5.32 Å². The van der Waals surface area contributed by atoms with Crippen LogP contribution in [0.15, 0.2) is 18.2 Å². The molecule has 0 bridgehead atoms. The smallest absolute Gasteiger partial charge is 0.255 e. The van der Waals surface area contributed by atoms with Crippen LogP contribution in [0, 0.1) is 17.2 Å². The molecular formula is C12H14N2O3. The van der Waals surface area contributed by atoms with Gasteiger partial charge in [-0.15, -0.1) is 0 Å². The third kappa shape index (κ3) is 3.38. The van der Waals surface area contributed by atoms with E-state index in [9.17, 15) is 9.90 Å². The van der Waals surface area contributed by atoms with Crippen molar-refractivity contribution in [2.24, 2.45) is 5.92 Å². The molecule has 0 saturated carbocycles. The Kier molecular flexibility index (Phi) is 4.35. The second-order valence-corrected chi connectivity index (χ2v) is 3.62. The lowest BCUT2D eigenvalue weighted by Crippen LogP contribution is -2.27. The Morgan fingerprint density at radius 3 is 2.94 bits per heavy atom. The fourth-order valence-electron chi connectivity index (χ4n) is 1.21. The Hall–Kier alpha value is -2.22. The molecule has 1 unspecified atom stereocenters. The lowest BCUT2D eigenvalue weighted by Gasteiger charge is -2.09. The van der Waals surface area contributed by atoms with Gasteiger partial charge in [0.1, 0.15) is 11.5 Å². The quantitative estimate of drug-likeness (QED) is 0.822. The molecule has 0 radical (unpaired) electrons. The minimum absolute atomic E-state index is 0.118. The number of carbonyl (C=O) groups excluding carboxylic acids is 1. The van der Waals surface area contributed by atoms with Gasteiger partial charge in [0, 0.05) is 6.54 Å². The average molecular weight is 234 g/mol. The van der Waals surface area contributed by atoms with E-state index in [0.717, 1.165) is 0 Å². The number of carbonyl (C=O) groups is 1. The van der Waals surface area contributed by atoms with E-state index < -0.39 is 5.91 Å². The zero-order chi connectivity index (χ0) is 12.8. The van der Waals surface area contributed by atoms with Gasteiger partial charge in [-0.25, -0.2) is 0 Å². The molecular weight excluding hydrogens is 220 g/mol. The molecule has 0 spiro atoms. The fraction of sp³-hybridized carbons (Fsp3) is 0.333. The van der Waals surface area contributed by atoms with Crippen LogP contribution in [0.2, 0.25) is 0 Å². The number of rotatable bonds is 4. The molecule has 1 aromatic carbocycles. The topological polar surface area (TPSA) is 82.3 Å². The lowest BCUT2D eigenvalue weighted by atomic mass is 10.1. The van der Waals surface area contributed by atoms with Gasteiger partial charge in [-0.1, -0.05) is 0 Å². The molecule has 0 aromatic heterocycles. The molecule has 0 saturated heterocycles. The zero-order valence-corrected chi connectivity index (χ0v) is 9.73. The van der Waals surface area contributed by atoms with Crippen LogP contribution in [0.1, 0.15) is 17.3 Å². The second-order valence-electron chi connectivity index (χ2n) is 3.62. The third-order valence-corrected chi connectivity index (χ3v) is 2.24. The highest BCUT2D eigenvalue weighted by Crippen LogP contribution is 2.22. The first kappa shape index (κ1) is 12.8. The van der Waals surface area contributed by atoms with Crippen molar-refractivity contribution in [1.82, 2.24) is 5.32 Å². The second kappa shape index (κ2) is 5.75. The number of phenolic OH excluding ortho intramolecular Hbond substituents is 1. The van der Waals surface area contributed by atoms with E-state index in [4.69, 9.17) is 10.00 Å². The fourth-order valence-corrected chi connectivity index (χ4v) is 1.21. The molecule has 1 aromatic rings. The Balaban J connectivity index is 2.78. The van der Waals surface area contributed by atoms with E-state index in [1.54, 1.807) is 13.0 Å². The van der Waals surface area contributed by atoms with Crippen LogP contribution in [0.4, 0.5) is 0 Å². The molecule has 0 aliphatic carbocycles. The lowest BCUT2D eigenvalue weighted by molar-refractivity contribution is 0.0947. The number of nitrogens with zero attached hydrogens (tertiary/aromatic N) is 1.